The van der Waals surface area contributed by atoms with E-state index < -0.39 is 0 Å². The average molecular weight is 235 g/mol. The molecular formula is C12H17N3S. The van der Waals surface area contributed by atoms with E-state index in [1.165, 1.54) is 15.6 Å². The molecule has 0 amide bonds. The first kappa shape index (κ1) is 11.4. The molecule has 0 aliphatic heterocycles. The molecule has 86 valence electrons. The van der Waals surface area contributed by atoms with Crippen molar-refractivity contribution < 1.29 is 0 Å². The SMILES string of the molecule is Cc1nc(CNCc2cccn2C)sc1C. The van der Waals surface area contributed by atoms with Gasteiger partial charge in [-0.3, -0.25) is 0 Å². The molecule has 2 aromatic rings. The highest BCUT2D eigenvalue weighted by molar-refractivity contribution is 7.11. The third-order valence-electron chi connectivity index (χ3n) is 2.71. The molecule has 0 aliphatic carbocycles. The van der Waals surface area contributed by atoms with Crippen molar-refractivity contribution in [2.75, 3.05) is 0 Å². The Morgan fingerprint density at radius 1 is 1.38 bits per heavy atom. The van der Waals surface area contributed by atoms with Crippen LogP contribution in [0.25, 0.3) is 0 Å². The molecule has 0 aliphatic rings. The molecule has 4 heteroatoms. The quantitative estimate of drug-likeness (QED) is 0.882. The molecule has 0 fully saturated rings. The van der Waals surface area contributed by atoms with Gasteiger partial charge in [-0.05, 0) is 26.0 Å². The zero-order valence-corrected chi connectivity index (χ0v) is 10.8. The molecule has 1 N–H and O–H groups in total. The number of nitrogens with one attached hydrogen (secondary N) is 1. The van der Waals surface area contributed by atoms with Gasteiger partial charge in [-0.2, -0.15) is 0 Å². The van der Waals surface area contributed by atoms with Gasteiger partial charge in [0.05, 0.1) is 5.69 Å². The molecule has 0 radical (unpaired) electrons. The molecule has 0 saturated heterocycles. The van der Waals surface area contributed by atoms with Crippen molar-refractivity contribution in [2.45, 2.75) is 26.9 Å². The van der Waals surface area contributed by atoms with E-state index in [9.17, 15) is 0 Å². The van der Waals surface area contributed by atoms with Gasteiger partial charge in [0.25, 0.3) is 0 Å². The Bertz CT molecular complexity index is 451. The molecule has 0 aromatic carbocycles. The maximum Gasteiger partial charge on any atom is 0.107 e. The average Bonchev–Trinajstić information content (AvgIpc) is 2.76. The van der Waals surface area contributed by atoms with Gasteiger partial charge in [-0.25, -0.2) is 4.98 Å². The molecule has 0 unspecified atom stereocenters. The molecule has 0 bridgehead atoms. The van der Waals surface area contributed by atoms with Crippen LogP contribution in [0.15, 0.2) is 18.3 Å². The van der Waals surface area contributed by atoms with E-state index in [0.29, 0.717) is 0 Å². The second-order valence-corrected chi connectivity index (χ2v) is 5.25. The summed E-state index contributed by atoms with van der Waals surface area (Å²) in [5, 5.41) is 4.58. The van der Waals surface area contributed by atoms with Crippen LogP contribution < -0.4 is 5.32 Å². The fourth-order valence-electron chi connectivity index (χ4n) is 1.59. The highest BCUT2D eigenvalue weighted by Gasteiger charge is 2.03. The second-order valence-electron chi connectivity index (χ2n) is 3.96. The summed E-state index contributed by atoms with van der Waals surface area (Å²) in [6, 6.07) is 4.19. The van der Waals surface area contributed by atoms with Gasteiger partial charge in [0.15, 0.2) is 0 Å². The first-order valence-corrected chi connectivity index (χ1v) is 6.22. The summed E-state index contributed by atoms with van der Waals surface area (Å²) >= 11 is 1.78. The third-order valence-corrected chi connectivity index (χ3v) is 3.78. The summed E-state index contributed by atoms with van der Waals surface area (Å²) in [4.78, 5) is 5.82. The number of thiazole rings is 1. The number of hydrogen-bond acceptors (Lipinski definition) is 3. The molecule has 3 nitrogen and oxygen atoms in total. The van der Waals surface area contributed by atoms with Crippen molar-refractivity contribution in [1.82, 2.24) is 14.9 Å². The lowest BCUT2D eigenvalue weighted by molar-refractivity contribution is 0.652. The first-order chi connectivity index (χ1) is 7.66. The van der Waals surface area contributed by atoms with Crippen LogP contribution in [0.2, 0.25) is 0 Å². The topological polar surface area (TPSA) is 29.9 Å². The lowest BCUT2D eigenvalue weighted by atomic mass is 10.4. The number of nitrogens with zero attached hydrogens (tertiary/aromatic N) is 2. The number of aromatic nitrogens is 2. The summed E-state index contributed by atoms with van der Waals surface area (Å²) in [5.41, 5.74) is 2.45. The Labute approximate surface area is 100 Å². The monoisotopic (exact) mass is 235 g/mol. The summed E-state index contributed by atoms with van der Waals surface area (Å²) in [5.74, 6) is 0. The van der Waals surface area contributed by atoms with E-state index in [2.05, 4.69) is 54.1 Å². The normalized spacial score (nSPS) is 10.9. The molecular weight excluding hydrogens is 218 g/mol. The van der Waals surface area contributed by atoms with Crippen LogP contribution in [0.3, 0.4) is 0 Å². The molecule has 2 rings (SSSR count). The van der Waals surface area contributed by atoms with Crippen molar-refractivity contribution in [3.05, 3.63) is 39.6 Å². The Kier molecular flexibility index (Phi) is 3.41. The van der Waals surface area contributed by atoms with E-state index in [-0.39, 0.29) is 0 Å². The van der Waals surface area contributed by atoms with Gasteiger partial charge in [-0.1, -0.05) is 0 Å². The zero-order chi connectivity index (χ0) is 11.5. The maximum atomic E-state index is 4.50. The van der Waals surface area contributed by atoms with Gasteiger partial charge in [0.2, 0.25) is 0 Å². The van der Waals surface area contributed by atoms with Crippen LogP contribution in [0.4, 0.5) is 0 Å². The smallest absolute Gasteiger partial charge is 0.107 e. The zero-order valence-electron chi connectivity index (χ0n) is 9.95. The van der Waals surface area contributed by atoms with Crippen LogP contribution >= 0.6 is 11.3 Å². The summed E-state index contributed by atoms with van der Waals surface area (Å²) < 4.78 is 2.13. The second kappa shape index (κ2) is 4.80. The van der Waals surface area contributed by atoms with Gasteiger partial charge < -0.3 is 9.88 Å². The van der Waals surface area contributed by atoms with Crippen molar-refractivity contribution in [1.29, 1.82) is 0 Å². The summed E-state index contributed by atoms with van der Waals surface area (Å²) in [6.45, 7) is 5.92. The third kappa shape index (κ3) is 2.51. The highest BCUT2D eigenvalue weighted by atomic mass is 32.1. The van der Waals surface area contributed by atoms with E-state index in [0.717, 1.165) is 18.8 Å². The Morgan fingerprint density at radius 2 is 2.19 bits per heavy atom. The van der Waals surface area contributed by atoms with Gasteiger partial charge in [-0.15, -0.1) is 11.3 Å². The van der Waals surface area contributed by atoms with Crippen molar-refractivity contribution in [3.63, 3.8) is 0 Å². The van der Waals surface area contributed by atoms with Crippen molar-refractivity contribution in [3.8, 4) is 0 Å². The molecule has 0 spiro atoms. The lowest BCUT2D eigenvalue weighted by Gasteiger charge is -2.03. The van der Waals surface area contributed by atoms with Gasteiger partial charge in [0.1, 0.15) is 5.01 Å². The van der Waals surface area contributed by atoms with Crippen LogP contribution in [-0.2, 0) is 20.1 Å². The van der Waals surface area contributed by atoms with E-state index >= 15 is 0 Å². The van der Waals surface area contributed by atoms with Crippen molar-refractivity contribution in [2.24, 2.45) is 7.05 Å². The number of hydrogen-bond donors (Lipinski definition) is 1. The van der Waals surface area contributed by atoms with Crippen LogP contribution in [-0.4, -0.2) is 9.55 Å². The minimum atomic E-state index is 0.852. The summed E-state index contributed by atoms with van der Waals surface area (Å²) in [6.07, 6.45) is 2.06. The molecule has 0 saturated carbocycles. The van der Waals surface area contributed by atoms with Crippen LogP contribution in [0.5, 0.6) is 0 Å². The lowest BCUT2D eigenvalue weighted by Crippen LogP contribution is -2.14. The predicted octanol–water partition coefficient (Wildman–Crippen LogP) is 2.39. The Hall–Kier alpha value is -1.13. The Balaban J connectivity index is 1.87. The standard InChI is InChI=1S/C12H17N3S/c1-9-10(2)16-12(14-9)8-13-7-11-5-4-6-15(11)3/h4-6,13H,7-8H2,1-3H3. The fraction of sp³-hybridized carbons (Fsp3) is 0.417. The maximum absolute atomic E-state index is 4.50. The van der Waals surface area contributed by atoms with Gasteiger partial charge in [0, 0.05) is 36.9 Å². The molecule has 0 atom stereocenters. The highest BCUT2D eigenvalue weighted by Crippen LogP contribution is 2.16. The van der Waals surface area contributed by atoms with E-state index in [1.54, 1.807) is 11.3 Å². The molecule has 2 heterocycles. The molecule has 2 aromatic heterocycles. The predicted molar refractivity (Wildman–Crippen MR) is 67.5 cm³/mol. The summed E-state index contributed by atoms with van der Waals surface area (Å²) in [7, 11) is 2.06. The van der Waals surface area contributed by atoms with Gasteiger partial charge >= 0.3 is 0 Å². The largest absolute Gasteiger partial charge is 0.353 e. The fourth-order valence-corrected chi connectivity index (χ4v) is 2.50. The van der Waals surface area contributed by atoms with Crippen LogP contribution in [0, 0.1) is 13.8 Å². The van der Waals surface area contributed by atoms with Crippen molar-refractivity contribution >= 4 is 11.3 Å². The Morgan fingerprint density at radius 3 is 2.75 bits per heavy atom. The van der Waals surface area contributed by atoms with E-state index in [1.807, 2.05) is 0 Å². The first-order valence-electron chi connectivity index (χ1n) is 5.40. The number of rotatable bonds is 4. The number of aryl methyl sites for hydroxylation is 3. The van der Waals surface area contributed by atoms with Crippen LogP contribution in [0.1, 0.15) is 21.3 Å². The molecule has 16 heavy (non-hydrogen) atoms. The minimum absolute atomic E-state index is 0.852. The minimum Gasteiger partial charge on any atom is -0.353 e. The van der Waals surface area contributed by atoms with E-state index in [4.69, 9.17) is 0 Å².